The van der Waals surface area contributed by atoms with Crippen LogP contribution in [0.2, 0.25) is 0 Å². The molecule has 1 amide bonds. The second-order valence-electron chi connectivity index (χ2n) is 8.96. The fraction of sp³-hybridized carbons (Fsp3) is 0.478. The van der Waals surface area contributed by atoms with E-state index in [9.17, 15) is 28.2 Å². The number of halogens is 3. The third-order valence-electron chi connectivity index (χ3n) is 6.21. The second-order valence-corrected chi connectivity index (χ2v) is 9.99. The molecule has 2 heterocycles. The number of aliphatic hydroxyl groups is 2. The number of nitrogens with zero attached hydrogens (tertiary/aromatic N) is 4. The monoisotopic (exact) mass is 540 g/mol. The van der Waals surface area contributed by atoms with Gasteiger partial charge < -0.3 is 30.5 Å². The SMILES string of the molecule is COC(=O)N(C)CC1CCC(O)(Nc2nc(NCC(F)(F)F)nc(C)c2-c2nc3ccccc3s2)C1O. The summed E-state index contributed by atoms with van der Waals surface area (Å²) >= 11 is 1.34. The van der Waals surface area contributed by atoms with Gasteiger partial charge in [0.2, 0.25) is 5.95 Å². The molecule has 200 valence electrons. The van der Waals surface area contributed by atoms with E-state index in [1.54, 1.807) is 6.92 Å². The first kappa shape index (κ1) is 26.8. The van der Waals surface area contributed by atoms with Crippen LogP contribution in [-0.2, 0) is 4.74 Å². The van der Waals surface area contributed by atoms with E-state index < -0.39 is 36.6 Å². The van der Waals surface area contributed by atoms with Gasteiger partial charge in [-0.25, -0.2) is 14.8 Å². The van der Waals surface area contributed by atoms with E-state index in [0.29, 0.717) is 22.7 Å². The minimum Gasteiger partial charge on any atom is -0.453 e. The number of methoxy groups -OCH3 is 1. The molecule has 1 aliphatic rings. The first-order valence-electron chi connectivity index (χ1n) is 11.4. The van der Waals surface area contributed by atoms with Gasteiger partial charge in [-0.3, -0.25) is 0 Å². The molecule has 4 N–H and O–H groups in total. The van der Waals surface area contributed by atoms with Crippen molar-refractivity contribution in [1.82, 2.24) is 19.9 Å². The fourth-order valence-corrected chi connectivity index (χ4v) is 5.44. The molecule has 3 atom stereocenters. The summed E-state index contributed by atoms with van der Waals surface area (Å²) in [7, 11) is 2.76. The van der Waals surface area contributed by atoms with E-state index >= 15 is 0 Å². The first-order chi connectivity index (χ1) is 17.4. The van der Waals surface area contributed by atoms with Crippen LogP contribution in [0.15, 0.2) is 24.3 Å². The zero-order valence-corrected chi connectivity index (χ0v) is 21.2. The van der Waals surface area contributed by atoms with E-state index in [1.165, 1.54) is 30.4 Å². The molecule has 1 saturated carbocycles. The van der Waals surface area contributed by atoms with Crippen molar-refractivity contribution in [1.29, 1.82) is 0 Å². The molecule has 4 rings (SSSR count). The van der Waals surface area contributed by atoms with E-state index in [1.807, 2.05) is 24.3 Å². The number of benzene rings is 1. The van der Waals surface area contributed by atoms with Gasteiger partial charge in [0.1, 0.15) is 23.5 Å². The van der Waals surface area contributed by atoms with Crippen LogP contribution in [-0.4, -0.2) is 81.4 Å². The number of ether oxygens (including phenoxy) is 1. The minimum absolute atomic E-state index is 0.0275. The van der Waals surface area contributed by atoms with Crippen molar-refractivity contribution in [2.24, 2.45) is 5.92 Å². The smallest absolute Gasteiger partial charge is 0.409 e. The van der Waals surface area contributed by atoms with Crippen LogP contribution in [0.25, 0.3) is 20.8 Å². The quantitative estimate of drug-likeness (QED) is 0.332. The van der Waals surface area contributed by atoms with Gasteiger partial charge >= 0.3 is 12.3 Å². The summed E-state index contributed by atoms with van der Waals surface area (Å²) in [5, 5.41) is 27.9. The van der Waals surface area contributed by atoms with Crippen molar-refractivity contribution >= 4 is 39.4 Å². The fourth-order valence-electron chi connectivity index (χ4n) is 4.37. The van der Waals surface area contributed by atoms with Crippen molar-refractivity contribution in [2.45, 2.75) is 37.8 Å². The summed E-state index contributed by atoms with van der Waals surface area (Å²) in [6.07, 6.45) is -5.92. The van der Waals surface area contributed by atoms with Gasteiger partial charge in [-0.15, -0.1) is 11.3 Å². The van der Waals surface area contributed by atoms with Crippen LogP contribution in [0, 0.1) is 12.8 Å². The number of nitrogens with one attached hydrogen (secondary N) is 2. The van der Waals surface area contributed by atoms with Crippen LogP contribution in [0.4, 0.5) is 29.7 Å². The number of fused-ring (bicyclic) bond motifs is 1. The Hall–Kier alpha value is -3.23. The minimum atomic E-state index is -4.49. The Bertz CT molecular complexity index is 1260. The summed E-state index contributed by atoms with van der Waals surface area (Å²) in [6.45, 7) is 0.390. The van der Waals surface area contributed by atoms with Gasteiger partial charge in [0.05, 0.1) is 28.6 Å². The predicted octanol–water partition coefficient (Wildman–Crippen LogP) is 3.61. The number of aliphatic hydroxyl groups excluding tert-OH is 1. The normalized spacial score (nSPS) is 21.7. The lowest BCUT2D eigenvalue weighted by molar-refractivity contribution is -0.115. The predicted molar refractivity (Wildman–Crippen MR) is 132 cm³/mol. The Morgan fingerprint density at radius 1 is 1.30 bits per heavy atom. The van der Waals surface area contributed by atoms with Crippen molar-refractivity contribution in [3.8, 4) is 10.6 Å². The number of amides is 1. The zero-order chi connectivity index (χ0) is 27.0. The number of para-hydroxylation sites is 1. The van der Waals surface area contributed by atoms with Crippen molar-refractivity contribution in [3.05, 3.63) is 30.0 Å². The van der Waals surface area contributed by atoms with Crippen LogP contribution in [0.5, 0.6) is 0 Å². The number of thiazole rings is 1. The maximum atomic E-state index is 12.8. The zero-order valence-electron chi connectivity index (χ0n) is 20.3. The number of alkyl halides is 3. The van der Waals surface area contributed by atoms with E-state index in [4.69, 9.17) is 0 Å². The number of hydrogen-bond acceptors (Lipinski definition) is 10. The molecule has 1 fully saturated rings. The number of anilines is 2. The van der Waals surface area contributed by atoms with Crippen LogP contribution < -0.4 is 10.6 Å². The van der Waals surface area contributed by atoms with Crippen molar-refractivity contribution < 1.29 is 32.9 Å². The van der Waals surface area contributed by atoms with Gasteiger partial charge in [0.25, 0.3) is 0 Å². The summed E-state index contributed by atoms with van der Waals surface area (Å²) < 4.78 is 44.0. The lowest BCUT2D eigenvalue weighted by Crippen LogP contribution is -2.49. The molecule has 1 aromatic carbocycles. The Kier molecular flexibility index (Phi) is 7.44. The highest BCUT2D eigenvalue weighted by atomic mass is 32.1. The Balaban J connectivity index is 1.69. The summed E-state index contributed by atoms with van der Waals surface area (Å²) in [5.74, 6) is -0.752. The number of hydrogen-bond donors (Lipinski definition) is 4. The average Bonchev–Trinajstić information content (AvgIpc) is 3.38. The Labute approximate surface area is 214 Å². The van der Waals surface area contributed by atoms with Gasteiger partial charge in [-0.1, -0.05) is 12.1 Å². The molecule has 0 spiro atoms. The molecule has 1 aliphatic carbocycles. The highest BCUT2D eigenvalue weighted by Crippen LogP contribution is 2.41. The first-order valence-corrected chi connectivity index (χ1v) is 12.2. The summed E-state index contributed by atoms with van der Waals surface area (Å²) in [5.41, 5.74) is -0.416. The standard InChI is InChI=1S/C23H27F3N6O4S/c1-12-16(19-29-14-6-4-5-7-15(14)37-19)18(30-20(28-12)27-11-23(24,25)26)31-22(35)9-8-13(17(22)33)10-32(2)21(34)36-3/h4-7,13,17,33,35H,8-11H2,1-3H3,(H2,27,28,30,31). The summed E-state index contributed by atoms with van der Waals surface area (Å²) in [6, 6.07) is 7.41. The van der Waals surface area contributed by atoms with E-state index in [0.717, 1.165) is 10.2 Å². The van der Waals surface area contributed by atoms with Crippen molar-refractivity contribution in [3.63, 3.8) is 0 Å². The summed E-state index contributed by atoms with van der Waals surface area (Å²) in [4.78, 5) is 26.1. The molecule has 14 heteroatoms. The molecule has 0 radical (unpaired) electrons. The molecule has 37 heavy (non-hydrogen) atoms. The molecule has 0 saturated heterocycles. The number of carbonyl (C=O) groups excluding carboxylic acids is 1. The van der Waals surface area contributed by atoms with Crippen LogP contribution in [0.3, 0.4) is 0 Å². The second kappa shape index (κ2) is 10.3. The van der Waals surface area contributed by atoms with Crippen LogP contribution >= 0.6 is 11.3 Å². The number of aromatic nitrogens is 3. The molecule has 3 unspecified atom stereocenters. The lowest BCUT2D eigenvalue weighted by atomic mass is 10.0. The molecule has 3 aromatic rings. The highest BCUT2D eigenvalue weighted by molar-refractivity contribution is 7.21. The maximum absolute atomic E-state index is 12.8. The largest absolute Gasteiger partial charge is 0.453 e. The topological polar surface area (TPSA) is 133 Å². The number of aryl methyl sites for hydroxylation is 1. The number of rotatable bonds is 7. The van der Waals surface area contributed by atoms with E-state index in [-0.39, 0.29) is 24.7 Å². The van der Waals surface area contributed by atoms with Crippen molar-refractivity contribution in [2.75, 3.05) is 37.9 Å². The average molecular weight is 541 g/mol. The maximum Gasteiger partial charge on any atom is 0.409 e. The van der Waals surface area contributed by atoms with Gasteiger partial charge in [0, 0.05) is 19.5 Å². The Morgan fingerprint density at radius 3 is 2.70 bits per heavy atom. The third kappa shape index (κ3) is 5.86. The molecule has 2 aromatic heterocycles. The molecular weight excluding hydrogens is 513 g/mol. The lowest BCUT2D eigenvalue weighted by Gasteiger charge is -2.32. The number of carbonyl (C=O) groups is 1. The molecule has 0 bridgehead atoms. The molecular formula is C23H27F3N6O4S. The van der Waals surface area contributed by atoms with Gasteiger partial charge in [-0.2, -0.15) is 18.2 Å². The third-order valence-corrected chi connectivity index (χ3v) is 7.26. The molecule has 10 nitrogen and oxygen atoms in total. The van der Waals surface area contributed by atoms with E-state index in [2.05, 4.69) is 30.3 Å². The van der Waals surface area contributed by atoms with Gasteiger partial charge in [0.15, 0.2) is 5.72 Å². The molecule has 0 aliphatic heterocycles. The highest BCUT2D eigenvalue weighted by Gasteiger charge is 2.48. The van der Waals surface area contributed by atoms with Gasteiger partial charge in [-0.05, 0) is 31.9 Å². The van der Waals surface area contributed by atoms with Crippen LogP contribution in [0.1, 0.15) is 18.5 Å². The Morgan fingerprint density at radius 2 is 2.03 bits per heavy atom.